The van der Waals surface area contributed by atoms with Crippen LogP contribution in [0.2, 0.25) is 0 Å². The van der Waals surface area contributed by atoms with Gasteiger partial charge in [-0.05, 0) is 61.8 Å². The largest absolute Gasteiger partial charge is 0.508 e. The lowest BCUT2D eigenvalue weighted by Crippen LogP contribution is -2.34. The second-order valence-electron chi connectivity index (χ2n) is 9.51. The van der Waals surface area contributed by atoms with Gasteiger partial charge in [0.1, 0.15) is 28.9 Å². The Morgan fingerprint density at radius 3 is 2.62 bits per heavy atom. The van der Waals surface area contributed by atoms with Gasteiger partial charge in [-0.15, -0.1) is 0 Å². The van der Waals surface area contributed by atoms with Crippen molar-refractivity contribution < 1.29 is 14.2 Å². The van der Waals surface area contributed by atoms with E-state index in [-0.39, 0.29) is 11.9 Å². The summed E-state index contributed by atoms with van der Waals surface area (Å²) in [6.07, 6.45) is 8.81. The monoisotopic (exact) mass is 522 g/mol. The lowest BCUT2D eigenvalue weighted by atomic mass is 10.1. The molecule has 10 nitrogen and oxygen atoms in total. The van der Waals surface area contributed by atoms with Gasteiger partial charge >= 0.3 is 0 Å². The van der Waals surface area contributed by atoms with Gasteiger partial charge in [-0.3, -0.25) is 15.1 Å². The second kappa shape index (κ2) is 9.44. The van der Waals surface area contributed by atoms with Gasteiger partial charge in [0.05, 0.1) is 34.6 Å². The average Bonchev–Trinajstić information content (AvgIpc) is 3.57. The van der Waals surface area contributed by atoms with Crippen LogP contribution in [-0.4, -0.2) is 59.4 Å². The Morgan fingerprint density at radius 1 is 0.872 bits per heavy atom. The molecule has 194 valence electrons. The zero-order valence-corrected chi connectivity index (χ0v) is 20.6. The Labute approximate surface area is 221 Å². The van der Waals surface area contributed by atoms with Crippen LogP contribution < -0.4 is 10.1 Å². The van der Waals surface area contributed by atoms with Crippen LogP contribution in [0.5, 0.6) is 11.5 Å². The van der Waals surface area contributed by atoms with Crippen molar-refractivity contribution in [1.29, 1.82) is 0 Å². The number of hydrogen-bond donors (Lipinski definition) is 4. The summed E-state index contributed by atoms with van der Waals surface area (Å²) in [5.74, 6) is 0.478. The van der Waals surface area contributed by atoms with E-state index < -0.39 is 5.82 Å². The van der Waals surface area contributed by atoms with Crippen LogP contribution in [0, 0.1) is 5.82 Å². The number of nitrogens with zero attached hydrogens (tertiary/aromatic N) is 5. The molecule has 0 unspecified atom stereocenters. The van der Waals surface area contributed by atoms with E-state index in [0.717, 1.165) is 54.5 Å². The number of fused-ring (bicyclic) bond motifs is 2. The van der Waals surface area contributed by atoms with Gasteiger partial charge in [0, 0.05) is 29.6 Å². The highest BCUT2D eigenvalue weighted by molar-refractivity contribution is 5.96. The topological polar surface area (TPSA) is 138 Å². The standard InChI is InChI=1S/C28H23FN8O2/c29-17-7-15(8-18(38)10-17)21-13-32-14-24-25(21)35-28(34-24)27-26-23(36-37-27)2-1-22(33-26)16-9-20(12-31-11-16)39-19-3-5-30-6-4-19/h1-2,7-14,19,30,38H,3-6H2,(H,34,35)(H,36,37). The van der Waals surface area contributed by atoms with Crippen LogP contribution in [0.4, 0.5) is 4.39 Å². The minimum absolute atomic E-state index is 0.169. The molecule has 6 heterocycles. The lowest BCUT2D eigenvalue weighted by Gasteiger charge is -2.23. The van der Waals surface area contributed by atoms with Crippen molar-refractivity contribution in [2.75, 3.05) is 13.1 Å². The third-order valence-corrected chi connectivity index (χ3v) is 6.82. The van der Waals surface area contributed by atoms with E-state index in [1.165, 1.54) is 12.1 Å². The molecule has 0 aliphatic carbocycles. The molecule has 1 aliphatic rings. The Hall–Kier alpha value is -4.90. The first kappa shape index (κ1) is 23.2. The SMILES string of the molecule is Oc1cc(F)cc(-c2cncc3[nH]c(-c4n[nH]c5ccc(-c6cncc(OC7CCNCC7)c6)nc45)nc23)c1. The van der Waals surface area contributed by atoms with E-state index >= 15 is 0 Å². The molecule has 0 saturated carbocycles. The molecule has 7 rings (SSSR count). The van der Waals surface area contributed by atoms with Crippen molar-refractivity contribution in [3.63, 3.8) is 0 Å². The summed E-state index contributed by atoms with van der Waals surface area (Å²) in [6.45, 7) is 1.90. The maximum absolute atomic E-state index is 14.0. The number of aromatic nitrogens is 7. The number of rotatable bonds is 5. The number of benzene rings is 1. The number of aromatic hydroxyl groups is 1. The van der Waals surface area contributed by atoms with Gasteiger partial charge < -0.3 is 20.1 Å². The van der Waals surface area contributed by atoms with Crippen LogP contribution in [0.25, 0.3) is 56.0 Å². The number of aromatic amines is 2. The normalized spacial score (nSPS) is 14.3. The van der Waals surface area contributed by atoms with E-state index in [1.54, 1.807) is 24.8 Å². The molecule has 6 aromatic rings. The van der Waals surface area contributed by atoms with E-state index in [1.807, 2.05) is 18.2 Å². The highest BCUT2D eigenvalue weighted by Gasteiger charge is 2.19. The lowest BCUT2D eigenvalue weighted by molar-refractivity contribution is 0.162. The molecule has 0 radical (unpaired) electrons. The summed E-state index contributed by atoms with van der Waals surface area (Å²) in [6, 6.07) is 9.64. The third-order valence-electron chi connectivity index (χ3n) is 6.82. The smallest absolute Gasteiger partial charge is 0.161 e. The molecule has 1 saturated heterocycles. The minimum atomic E-state index is -0.549. The molecule has 0 atom stereocenters. The molecular weight excluding hydrogens is 499 g/mol. The van der Waals surface area contributed by atoms with Crippen LogP contribution in [0.1, 0.15) is 12.8 Å². The van der Waals surface area contributed by atoms with Gasteiger partial charge in [0.15, 0.2) is 11.5 Å². The molecule has 39 heavy (non-hydrogen) atoms. The molecule has 1 aromatic carbocycles. The molecular formula is C28H23FN8O2. The zero-order chi connectivity index (χ0) is 26.3. The summed E-state index contributed by atoms with van der Waals surface area (Å²) < 4.78 is 20.2. The van der Waals surface area contributed by atoms with Crippen molar-refractivity contribution in [2.24, 2.45) is 0 Å². The highest BCUT2D eigenvalue weighted by Crippen LogP contribution is 2.33. The Kier molecular flexibility index (Phi) is 5.63. The minimum Gasteiger partial charge on any atom is -0.508 e. The summed E-state index contributed by atoms with van der Waals surface area (Å²) in [4.78, 5) is 21.6. The number of halogens is 1. The van der Waals surface area contributed by atoms with Crippen LogP contribution >= 0.6 is 0 Å². The van der Waals surface area contributed by atoms with Crippen molar-refractivity contribution in [3.05, 3.63) is 67.0 Å². The van der Waals surface area contributed by atoms with Crippen molar-refractivity contribution in [1.82, 2.24) is 40.4 Å². The van der Waals surface area contributed by atoms with E-state index in [4.69, 9.17) is 14.7 Å². The molecule has 1 fully saturated rings. The zero-order valence-electron chi connectivity index (χ0n) is 20.6. The van der Waals surface area contributed by atoms with Crippen molar-refractivity contribution in [3.8, 4) is 45.4 Å². The summed E-state index contributed by atoms with van der Waals surface area (Å²) in [7, 11) is 0. The maximum Gasteiger partial charge on any atom is 0.161 e. The first-order valence-electron chi connectivity index (χ1n) is 12.6. The number of ether oxygens (including phenoxy) is 1. The van der Waals surface area contributed by atoms with Gasteiger partial charge in [0.25, 0.3) is 0 Å². The highest BCUT2D eigenvalue weighted by atomic mass is 19.1. The molecule has 1 aliphatic heterocycles. The Bertz CT molecular complexity index is 1810. The van der Waals surface area contributed by atoms with Crippen molar-refractivity contribution >= 4 is 22.1 Å². The number of phenols is 1. The van der Waals surface area contributed by atoms with Crippen LogP contribution in [0.3, 0.4) is 0 Å². The number of piperidine rings is 1. The molecule has 0 spiro atoms. The number of H-pyrrole nitrogens is 2. The van der Waals surface area contributed by atoms with Crippen molar-refractivity contribution in [2.45, 2.75) is 18.9 Å². The van der Waals surface area contributed by atoms with E-state index in [2.05, 4.69) is 30.5 Å². The fraction of sp³-hybridized carbons (Fsp3) is 0.179. The number of imidazole rings is 1. The van der Waals surface area contributed by atoms with E-state index in [0.29, 0.717) is 39.2 Å². The van der Waals surface area contributed by atoms with Gasteiger partial charge in [-0.1, -0.05) is 0 Å². The number of pyridine rings is 3. The summed E-state index contributed by atoms with van der Waals surface area (Å²) in [5.41, 5.74) is 5.73. The molecule has 0 bridgehead atoms. The van der Waals surface area contributed by atoms with Crippen LogP contribution in [-0.2, 0) is 0 Å². The van der Waals surface area contributed by atoms with Gasteiger partial charge in [0.2, 0.25) is 0 Å². The number of hydrogen-bond acceptors (Lipinski definition) is 8. The predicted octanol–water partition coefficient (Wildman–Crippen LogP) is 4.60. The summed E-state index contributed by atoms with van der Waals surface area (Å²) in [5, 5.41) is 20.7. The van der Waals surface area contributed by atoms with Gasteiger partial charge in [-0.25, -0.2) is 14.4 Å². The average molecular weight is 523 g/mol. The third kappa shape index (κ3) is 4.42. The quantitative estimate of drug-likeness (QED) is 0.258. The maximum atomic E-state index is 14.0. The second-order valence-corrected chi connectivity index (χ2v) is 9.51. The molecule has 11 heteroatoms. The van der Waals surface area contributed by atoms with E-state index in [9.17, 15) is 9.50 Å². The predicted molar refractivity (Wildman–Crippen MR) is 144 cm³/mol. The van der Waals surface area contributed by atoms with Crippen LogP contribution in [0.15, 0.2) is 61.2 Å². The fourth-order valence-electron chi connectivity index (χ4n) is 4.94. The first-order chi connectivity index (χ1) is 19.1. The number of nitrogens with one attached hydrogen (secondary N) is 3. The Morgan fingerprint density at radius 2 is 1.74 bits per heavy atom. The van der Waals surface area contributed by atoms with Gasteiger partial charge in [-0.2, -0.15) is 5.10 Å². The summed E-state index contributed by atoms with van der Waals surface area (Å²) >= 11 is 0. The molecule has 5 aromatic heterocycles. The first-order valence-corrected chi connectivity index (χ1v) is 12.6. The fourth-order valence-corrected chi connectivity index (χ4v) is 4.94. The molecule has 0 amide bonds. The molecule has 4 N–H and O–H groups in total. The number of phenolic OH excluding ortho intramolecular Hbond substituents is 1. The Balaban J connectivity index is 1.26.